The maximum absolute atomic E-state index is 12.2. The third kappa shape index (κ3) is 4.49. The third-order valence-electron chi connectivity index (χ3n) is 3.50. The number of halogens is 1. The first-order valence-corrected chi connectivity index (χ1v) is 9.39. The number of aryl methyl sites for hydroxylation is 2. The van der Waals surface area contributed by atoms with Crippen LogP contribution in [-0.4, -0.2) is 21.9 Å². The molecule has 5 nitrogen and oxygen atoms in total. The average Bonchev–Trinajstić information content (AvgIpc) is 3.05. The van der Waals surface area contributed by atoms with E-state index in [4.69, 9.17) is 4.42 Å². The summed E-state index contributed by atoms with van der Waals surface area (Å²) in [5.74, 6) is 0.509. The molecule has 1 N–H and O–H groups in total. The molecular formula is C18H16BrN3O2S. The highest BCUT2D eigenvalue weighted by Gasteiger charge is 2.13. The van der Waals surface area contributed by atoms with Crippen LogP contribution in [0.15, 0.2) is 56.6 Å². The van der Waals surface area contributed by atoms with Crippen molar-refractivity contribution in [3.63, 3.8) is 0 Å². The largest absolute Gasteiger partial charge is 0.411 e. The molecule has 0 bridgehead atoms. The number of nitrogens with zero attached hydrogens (tertiary/aromatic N) is 2. The van der Waals surface area contributed by atoms with Crippen molar-refractivity contribution in [1.29, 1.82) is 0 Å². The molecule has 0 atom stereocenters. The van der Waals surface area contributed by atoms with Gasteiger partial charge in [0.1, 0.15) is 0 Å². The molecule has 0 unspecified atom stereocenters. The number of benzene rings is 2. The molecule has 0 aliphatic rings. The molecule has 3 aromatic rings. The van der Waals surface area contributed by atoms with Crippen LogP contribution in [0, 0.1) is 13.8 Å². The fraction of sp³-hybridized carbons (Fsp3) is 0.167. The van der Waals surface area contributed by atoms with E-state index in [1.54, 1.807) is 0 Å². The van der Waals surface area contributed by atoms with Gasteiger partial charge in [-0.05, 0) is 59.1 Å². The Labute approximate surface area is 158 Å². The highest BCUT2D eigenvalue weighted by molar-refractivity contribution is 9.10. The Morgan fingerprint density at radius 1 is 1.20 bits per heavy atom. The lowest BCUT2D eigenvalue weighted by Gasteiger charge is -2.08. The van der Waals surface area contributed by atoms with Crippen LogP contribution in [-0.2, 0) is 4.79 Å². The van der Waals surface area contributed by atoms with Crippen molar-refractivity contribution in [2.45, 2.75) is 19.1 Å². The van der Waals surface area contributed by atoms with E-state index in [0.717, 1.165) is 26.9 Å². The Balaban J connectivity index is 1.61. The second kappa shape index (κ2) is 7.84. The predicted molar refractivity (Wildman–Crippen MR) is 103 cm³/mol. The second-order valence-electron chi connectivity index (χ2n) is 5.51. The van der Waals surface area contributed by atoms with Gasteiger partial charge < -0.3 is 9.73 Å². The van der Waals surface area contributed by atoms with Gasteiger partial charge in [-0.25, -0.2) is 0 Å². The number of carbonyl (C=O) groups is 1. The summed E-state index contributed by atoms with van der Waals surface area (Å²) >= 11 is 4.67. The van der Waals surface area contributed by atoms with Crippen molar-refractivity contribution in [3.05, 3.63) is 58.1 Å². The van der Waals surface area contributed by atoms with Crippen LogP contribution in [0.3, 0.4) is 0 Å². The van der Waals surface area contributed by atoms with Crippen LogP contribution < -0.4 is 5.32 Å². The van der Waals surface area contributed by atoms with E-state index in [1.807, 2.05) is 56.3 Å². The van der Waals surface area contributed by atoms with E-state index in [-0.39, 0.29) is 11.7 Å². The summed E-state index contributed by atoms with van der Waals surface area (Å²) in [5.41, 5.74) is 3.77. The monoisotopic (exact) mass is 417 g/mol. The average molecular weight is 418 g/mol. The van der Waals surface area contributed by atoms with Gasteiger partial charge in [0.15, 0.2) is 0 Å². The normalized spacial score (nSPS) is 10.7. The van der Waals surface area contributed by atoms with Gasteiger partial charge >= 0.3 is 0 Å². The van der Waals surface area contributed by atoms with Crippen molar-refractivity contribution in [2.24, 2.45) is 0 Å². The number of amides is 1. The number of nitrogens with one attached hydrogen (secondary N) is 1. The SMILES string of the molecule is Cc1ccc(C)c(NC(=O)CSc2nnc(-c3ccccc3Br)o2)c1. The summed E-state index contributed by atoms with van der Waals surface area (Å²) in [6.07, 6.45) is 0. The Morgan fingerprint density at radius 2 is 2.00 bits per heavy atom. The predicted octanol–water partition coefficient (Wildman–Crippen LogP) is 4.85. The van der Waals surface area contributed by atoms with Crippen LogP contribution in [0.5, 0.6) is 0 Å². The Bertz CT molecular complexity index is 911. The molecule has 7 heteroatoms. The lowest BCUT2D eigenvalue weighted by atomic mass is 10.1. The highest BCUT2D eigenvalue weighted by atomic mass is 79.9. The summed E-state index contributed by atoms with van der Waals surface area (Å²) in [6.45, 7) is 3.95. The van der Waals surface area contributed by atoms with E-state index in [1.165, 1.54) is 11.8 Å². The van der Waals surface area contributed by atoms with E-state index < -0.39 is 0 Å². The van der Waals surface area contributed by atoms with Crippen molar-refractivity contribution < 1.29 is 9.21 Å². The number of anilines is 1. The molecule has 0 saturated carbocycles. The summed E-state index contributed by atoms with van der Waals surface area (Å²) in [4.78, 5) is 12.2. The van der Waals surface area contributed by atoms with Gasteiger partial charge in [0.2, 0.25) is 11.8 Å². The van der Waals surface area contributed by atoms with Gasteiger partial charge in [-0.15, -0.1) is 10.2 Å². The van der Waals surface area contributed by atoms with E-state index >= 15 is 0 Å². The molecule has 2 aromatic carbocycles. The van der Waals surface area contributed by atoms with Gasteiger partial charge in [0.05, 0.1) is 11.3 Å². The zero-order chi connectivity index (χ0) is 17.8. The fourth-order valence-corrected chi connectivity index (χ4v) is 3.21. The lowest BCUT2D eigenvalue weighted by Crippen LogP contribution is -2.14. The van der Waals surface area contributed by atoms with Gasteiger partial charge in [-0.2, -0.15) is 0 Å². The molecule has 0 aliphatic carbocycles. The van der Waals surface area contributed by atoms with Gasteiger partial charge in [-0.1, -0.05) is 36.0 Å². The van der Waals surface area contributed by atoms with Crippen molar-refractivity contribution >= 4 is 39.3 Å². The van der Waals surface area contributed by atoms with E-state index in [0.29, 0.717) is 11.1 Å². The minimum absolute atomic E-state index is 0.112. The first-order chi connectivity index (χ1) is 12.0. The molecule has 128 valence electrons. The zero-order valence-electron chi connectivity index (χ0n) is 13.7. The Hall–Kier alpha value is -2.12. The number of thioether (sulfide) groups is 1. The summed E-state index contributed by atoms with van der Waals surface area (Å²) in [5, 5.41) is 11.3. The second-order valence-corrected chi connectivity index (χ2v) is 7.29. The molecule has 25 heavy (non-hydrogen) atoms. The van der Waals surface area contributed by atoms with E-state index in [9.17, 15) is 4.79 Å². The molecule has 1 aromatic heterocycles. The molecule has 0 aliphatic heterocycles. The van der Waals surface area contributed by atoms with Crippen LogP contribution in [0.25, 0.3) is 11.5 Å². The van der Waals surface area contributed by atoms with Crippen molar-refractivity contribution in [1.82, 2.24) is 10.2 Å². The lowest BCUT2D eigenvalue weighted by molar-refractivity contribution is -0.113. The maximum Gasteiger partial charge on any atom is 0.277 e. The molecular weight excluding hydrogens is 402 g/mol. The van der Waals surface area contributed by atoms with Crippen LogP contribution in [0.4, 0.5) is 5.69 Å². The molecule has 0 spiro atoms. The topological polar surface area (TPSA) is 68.0 Å². The number of hydrogen-bond acceptors (Lipinski definition) is 5. The molecule has 1 heterocycles. The summed E-state index contributed by atoms with van der Waals surface area (Å²) in [6, 6.07) is 13.6. The zero-order valence-corrected chi connectivity index (χ0v) is 16.1. The number of rotatable bonds is 5. The van der Waals surface area contributed by atoms with Gasteiger partial charge in [-0.3, -0.25) is 4.79 Å². The van der Waals surface area contributed by atoms with E-state index in [2.05, 4.69) is 31.4 Å². The van der Waals surface area contributed by atoms with Crippen LogP contribution in [0.2, 0.25) is 0 Å². The maximum atomic E-state index is 12.2. The standard InChI is InChI=1S/C18H16BrN3O2S/c1-11-7-8-12(2)15(9-11)20-16(23)10-25-18-22-21-17(24-18)13-5-3-4-6-14(13)19/h3-9H,10H2,1-2H3,(H,20,23). The molecule has 0 fully saturated rings. The molecule has 0 radical (unpaired) electrons. The summed E-state index contributed by atoms with van der Waals surface area (Å²) < 4.78 is 6.50. The van der Waals surface area contributed by atoms with Crippen LogP contribution >= 0.6 is 27.7 Å². The third-order valence-corrected chi connectivity index (χ3v) is 5.01. The first-order valence-electron chi connectivity index (χ1n) is 7.61. The van der Waals surface area contributed by atoms with Crippen molar-refractivity contribution in [3.8, 4) is 11.5 Å². The van der Waals surface area contributed by atoms with Gasteiger partial charge in [0, 0.05) is 10.2 Å². The summed E-state index contributed by atoms with van der Waals surface area (Å²) in [7, 11) is 0. The first kappa shape index (κ1) is 17.7. The minimum Gasteiger partial charge on any atom is -0.411 e. The number of aromatic nitrogens is 2. The van der Waals surface area contributed by atoms with Crippen LogP contribution in [0.1, 0.15) is 11.1 Å². The molecule has 1 amide bonds. The number of hydrogen-bond donors (Lipinski definition) is 1. The Morgan fingerprint density at radius 3 is 2.80 bits per heavy atom. The minimum atomic E-state index is -0.112. The van der Waals surface area contributed by atoms with Crippen molar-refractivity contribution in [2.75, 3.05) is 11.1 Å². The fourth-order valence-electron chi connectivity index (χ4n) is 2.20. The smallest absolute Gasteiger partial charge is 0.277 e. The van der Waals surface area contributed by atoms with Gasteiger partial charge in [0.25, 0.3) is 5.22 Å². The molecule has 0 saturated heterocycles. The highest BCUT2D eigenvalue weighted by Crippen LogP contribution is 2.29. The molecule has 3 rings (SSSR count). The number of carbonyl (C=O) groups excluding carboxylic acids is 1. The quantitative estimate of drug-likeness (QED) is 0.601. The Kier molecular flexibility index (Phi) is 5.55.